The lowest BCUT2D eigenvalue weighted by Crippen LogP contribution is -2.47. The van der Waals surface area contributed by atoms with Crippen LogP contribution in [0.4, 0.5) is 16.2 Å². The number of benzene rings is 1. The number of pyridine rings is 2. The summed E-state index contributed by atoms with van der Waals surface area (Å²) in [6.45, 7) is 0. The maximum atomic E-state index is 12.8. The lowest BCUT2D eigenvalue weighted by atomic mass is 10.0. The molecule has 0 radical (unpaired) electrons. The van der Waals surface area contributed by atoms with E-state index in [4.69, 9.17) is 4.74 Å². The fraction of sp³-hybridized carbons (Fsp3) is 0.100. The van der Waals surface area contributed by atoms with E-state index in [9.17, 15) is 14.7 Å². The molecule has 1 aromatic carbocycles. The number of carboxylic acids is 1. The third-order valence-corrected chi connectivity index (χ3v) is 5.98. The second-order valence-electron chi connectivity index (χ2n) is 6.45. The highest BCUT2D eigenvalue weighted by molar-refractivity contribution is 8.00. The van der Waals surface area contributed by atoms with Crippen molar-refractivity contribution in [2.45, 2.75) is 16.3 Å². The molecule has 0 aliphatic carbocycles. The standard InChI is InChI=1S/C20H14N4O4S/c25-19(26)17-16-15-13(8-10-22-18(15)29-17)24(20(27)23-16)11-4-6-12(7-5-11)28-14-3-1-2-9-21-14/h1-10,16-17H,(H,23,27)(H,25,26). The number of carboxylic acid groups (broad SMARTS) is 1. The monoisotopic (exact) mass is 406 g/mol. The summed E-state index contributed by atoms with van der Waals surface area (Å²) >= 11 is 1.16. The maximum absolute atomic E-state index is 12.8. The quantitative estimate of drug-likeness (QED) is 0.680. The van der Waals surface area contributed by atoms with Gasteiger partial charge < -0.3 is 15.2 Å². The van der Waals surface area contributed by atoms with Crippen LogP contribution < -0.4 is 15.0 Å². The number of rotatable bonds is 4. The molecule has 2 unspecified atom stereocenters. The minimum atomic E-state index is -0.978. The molecule has 0 saturated heterocycles. The van der Waals surface area contributed by atoms with Gasteiger partial charge in [-0.1, -0.05) is 17.8 Å². The number of aromatic nitrogens is 2. The molecule has 0 saturated carbocycles. The van der Waals surface area contributed by atoms with Crippen LogP contribution in [0.15, 0.2) is 66.0 Å². The number of carbonyl (C=O) groups is 2. The summed E-state index contributed by atoms with van der Waals surface area (Å²) in [6.07, 6.45) is 3.23. The zero-order valence-electron chi connectivity index (χ0n) is 14.9. The van der Waals surface area contributed by atoms with Gasteiger partial charge in [-0.2, -0.15) is 0 Å². The molecule has 2 atom stereocenters. The maximum Gasteiger partial charge on any atom is 0.327 e. The molecule has 2 amide bonds. The highest BCUT2D eigenvalue weighted by atomic mass is 32.2. The zero-order valence-corrected chi connectivity index (χ0v) is 15.7. The van der Waals surface area contributed by atoms with Gasteiger partial charge in [-0.15, -0.1) is 0 Å². The first-order valence-electron chi connectivity index (χ1n) is 8.80. The van der Waals surface area contributed by atoms with Crippen molar-refractivity contribution in [2.75, 3.05) is 4.90 Å². The first kappa shape index (κ1) is 17.5. The Balaban J connectivity index is 1.48. The highest BCUT2D eigenvalue weighted by Crippen LogP contribution is 2.50. The molecule has 9 heteroatoms. The molecule has 8 nitrogen and oxygen atoms in total. The van der Waals surface area contributed by atoms with Crippen LogP contribution in [0, 0.1) is 0 Å². The van der Waals surface area contributed by atoms with Crippen LogP contribution in [-0.2, 0) is 4.79 Å². The Morgan fingerprint density at radius 3 is 2.66 bits per heavy atom. The molecule has 144 valence electrons. The molecule has 0 bridgehead atoms. The fourth-order valence-electron chi connectivity index (χ4n) is 3.46. The van der Waals surface area contributed by atoms with Gasteiger partial charge in [0.05, 0.1) is 17.4 Å². The highest BCUT2D eigenvalue weighted by Gasteiger charge is 2.46. The minimum Gasteiger partial charge on any atom is -0.480 e. The van der Waals surface area contributed by atoms with Gasteiger partial charge in [0, 0.05) is 24.0 Å². The van der Waals surface area contributed by atoms with Crippen molar-refractivity contribution < 1.29 is 19.4 Å². The molecule has 0 fully saturated rings. The van der Waals surface area contributed by atoms with Crippen LogP contribution in [0.3, 0.4) is 0 Å². The van der Waals surface area contributed by atoms with Gasteiger partial charge in [-0.25, -0.2) is 14.8 Å². The number of carbonyl (C=O) groups excluding carboxylic acids is 1. The van der Waals surface area contributed by atoms with Crippen molar-refractivity contribution in [1.82, 2.24) is 15.3 Å². The third-order valence-electron chi connectivity index (χ3n) is 4.70. The van der Waals surface area contributed by atoms with Crippen molar-refractivity contribution in [1.29, 1.82) is 0 Å². The summed E-state index contributed by atoms with van der Waals surface area (Å²) in [6, 6.07) is 13.2. The number of hydrogen-bond acceptors (Lipinski definition) is 6. The second-order valence-corrected chi connectivity index (χ2v) is 7.58. The van der Waals surface area contributed by atoms with E-state index in [0.717, 1.165) is 17.3 Å². The van der Waals surface area contributed by atoms with Crippen molar-refractivity contribution in [3.63, 3.8) is 0 Å². The molecule has 4 heterocycles. The van der Waals surface area contributed by atoms with Crippen LogP contribution in [-0.4, -0.2) is 32.3 Å². The van der Waals surface area contributed by atoms with Crippen LogP contribution in [0.5, 0.6) is 11.6 Å². The Morgan fingerprint density at radius 1 is 1.10 bits per heavy atom. The lowest BCUT2D eigenvalue weighted by molar-refractivity contribution is -0.136. The number of nitrogens with one attached hydrogen (secondary N) is 1. The van der Waals surface area contributed by atoms with Crippen LogP contribution in [0.1, 0.15) is 11.6 Å². The molecule has 5 rings (SSSR count). The fourth-order valence-corrected chi connectivity index (χ4v) is 4.62. The summed E-state index contributed by atoms with van der Waals surface area (Å²) in [5.74, 6) is 0.0837. The molecule has 2 aliphatic heterocycles. The van der Waals surface area contributed by atoms with Gasteiger partial charge in [0.25, 0.3) is 0 Å². The second kappa shape index (κ2) is 6.78. The number of nitrogens with zero attached hydrogens (tertiary/aromatic N) is 3. The van der Waals surface area contributed by atoms with Crippen LogP contribution in [0.2, 0.25) is 0 Å². The predicted octanol–water partition coefficient (Wildman–Crippen LogP) is 3.73. The first-order chi connectivity index (χ1) is 14.1. The average molecular weight is 406 g/mol. The van der Waals surface area contributed by atoms with E-state index in [1.165, 1.54) is 4.90 Å². The third kappa shape index (κ3) is 2.95. The predicted molar refractivity (Wildman–Crippen MR) is 106 cm³/mol. The van der Waals surface area contributed by atoms with E-state index in [0.29, 0.717) is 28.0 Å². The molecule has 3 aromatic rings. The SMILES string of the molecule is O=C(O)C1Sc2nccc3c2C1NC(=O)N3c1ccc(Oc2ccccn2)cc1. The van der Waals surface area contributed by atoms with E-state index < -0.39 is 17.3 Å². The molecule has 29 heavy (non-hydrogen) atoms. The summed E-state index contributed by atoms with van der Waals surface area (Å²) in [5, 5.41) is 12.1. The van der Waals surface area contributed by atoms with Gasteiger partial charge in [0.15, 0.2) is 0 Å². The summed E-state index contributed by atoms with van der Waals surface area (Å²) < 4.78 is 5.69. The number of hydrogen-bond donors (Lipinski definition) is 2. The molecule has 2 aromatic heterocycles. The number of thioether (sulfide) groups is 1. The van der Waals surface area contributed by atoms with Gasteiger partial charge >= 0.3 is 12.0 Å². The topological polar surface area (TPSA) is 105 Å². The number of aliphatic carboxylic acids is 1. The number of anilines is 2. The van der Waals surface area contributed by atoms with Crippen molar-refractivity contribution in [3.8, 4) is 11.6 Å². The summed E-state index contributed by atoms with van der Waals surface area (Å²) in [5.41, 5.74) is 2.00. The number of urea groups is 1. The average Bonchev–Trinajstić information content (AvgIpc) is 3.10. The van der Waals surface area contributed by atoms with Crippen LogP contribution >= 0.6 is 11.8 Å². The van der Waals surface area contributed by atoms with Crippen molar-refractivity contribution in [3.05, 3.63) is 66.5 Å². The van der Waals surface area contributed by atoms with E-state index in [-0.39, 0.29) is 6.03 Å². The van der Waals surface area contributed by atoms with E-state index in [1.54, 1.807) is 54.9 Å². The van der Waals surface area contributed by atoms with Crippen molar-refractivity contribution >= 4 is 35.1 Å². The molecule has 0 spiro atoms. The Kier molecular flexibility index (Phi) is 4.09. The summed E-state index contributed by atoms with van der Waals surface area (Å²) in [7, 11) is 0. The van der Waals surface area contributed by atoms with Crippen molar-refractivity contribution in [2.24, 2.45) is 0 Å². The molecule has 2 N–H and O–H groups in total. The normalized spacial score (nSPS) is 19.4. The van der Waals surface area contributed by atoms with Gasteiger partial charge in [-0.3, -0.25) is 9.69 Å². The summed E-state index contributed by atoms with van der Waals surface area (Å²) in [4.78, 5) is 34.4. The van der Waals surface area contributed by atoms with Gasteiger partial charge in [0.1, 0.15) is 16.0 Å². The molecular formula is C20H14N4O4S. The molecular weight excluding hydrogens is 392 g/mol. The lowest BCUT2D eigenvalue weighted by Gasteiger charge is -2.33. The van der Waals surface area contributed by atoms with E-state index in [1.807, 2.05) is 6.07 Å². The Hall–Kier alpha value is -3.59. The Morgan fingerprint density at radius 2 is 1.93 bits per heavy atom. The van der Waals surface area contributed by atoms with Crippen LogP contribution in [0.25, 0.3) is 0 Å². The smallest absolute Gasteiger partial charge is 0.327 e. The van der Waals surface area contributed by atoms with Gasteiger partial charge in [0.2, 0.25) is 5.88 Å². The first-order valence-corrected chi connectivity index (χ1v) is 9.68. The Labute approximate surface area is 169 Å². The minimum absolute atomic E-state index is 0.383. The number of ether oxygens (including phenoxy) is 1. The Bertz CT molecular complexity index is 1110. The van der Waals surface area contributed by atoms with E-state index >= 15 is 0 Å². The zero-order chi connectivity index (χ0) is 20.0. The number of amides is 2. The molecule has 2 aliphatic rings. The largest absolute Gasteiger partial charge is 0.480 e. The van der Waals surface area contributed by atoms with Gasteiger partial charge in [-0.05, 0) is 36.4 Å². The van der Waals surface area contributed by atoms with E-state index in [2.05, 4.69) is 15.3 Å².